The smallest absolute Gasteiger partial charge is 0.335 e. The number of anilines is 1. The van der Waals surface area contributed by atoms with E-state index in [0.29, 0.717) is 16.0 Å². The fraction of sp³-hybridized carbons (Fsp3) is 0.167. The van der Waals surface area contributed by atoms with Crippen LogP contribution in [-0.4, -0.2) is 32.3 Å². The van der Waals surface area contributed by atoms with E-state index in [9.17, 15) is 9.59 Å². The van der Waals surface area contributed by atoms with Crippen LogP contribution in [0.4, 0.5) is 10.5 Å². The van der Waals surface area contributed by atoms with Gasteiger partial charge in [-0.25, -0.2) is 14.6 Å². The van der Waals surface area contributed by atoms with Crippen molar-refractivity contribution in [1.82, 2.24) is 20.5 Å². The number of nitrogens with one attached hydrogen (secondary N) is 3. The lowest BCUT2D eigenvalue weighted by atomic mass is 10.2. The third kappa shape index (κ3) is 4.02. The number of rotatable bonds is 4. The Labute approximate surface area is 128 Å². The second-order valence-corrected chi connectivity index (χ2v) is 5.14. The summed E-state index contributed by atoms with van der Waals surface area (Å²) in [6, 6.07) is 3.58. The predicted octanol–water partition coefficient (Wildman–Crippen LogP) is 2.15. The molecule has 0 fully saturated rings. The first-order chi connectivity index (χ1) is 9.95. The van der Waals surface area contributed by atoms with Crippen LogP contribution < -0.4 is 10.6 Å². The number of hydrogen-bond acceptors (Lipinski definition) is 4. The highest BCUT2D eigenvalue weighted by Gasteiger charge is 2.13. The number of aromatic amines is 1. The average Bonchev–Trinajstić information content (AvgIpc) is 2.91. The number of amides is 2. The van der Waals surface area contributed by atoms with Crippen molar-refractivity contribution in [2.75, 3.05) is 5.32 Å². The maximum Gasteiger partial charge on any atom is 0.335 e. The van der Waals surface area contributed by atoms with Gasteiger partial charge in [-0.3, -0.25) is 5.10 Å². The van der Waals surface area contributed by atoms with Gasteiger partial charge < -0.3 is 15.7 Å². The van der Waals surface area contributed by atoms with Crippen LogP contribution in [0.5, 0.6) is 0 Å². The minimum Gasteiger partial charge on any atom is -0.478 e. The number of aromatic carboxylic acids is 1. The summed E-state index contributed by atoms with van der Waals surface area (Å²) in [5, 5.41) is 20.5. The summed E-state index contributed by atoms with van der Waals surface area (Å²) in [6.07, 6.45) is 1.35. The van der Waals surface area contributed by atoms with Gasteiger partial charge in [0.05, 0.1) is 11.6 Å². The van der Waals surface area contributed by atoms with Gasteiger partial charge in [0.2, 0.25) is 0 Å². The second kappa shape index (κ2) is 6.35. The van der Waals surface area contributed by atoms with E-state index in [2.05, 4.69) is 41.7 Å². The first-order valence-corrected chi connectivity index (χ1v) is 6.71. The molecule has 21 heavy (non-hydrogen) atoms. The molecular weight excluding hydrogens is 342 g/mol. The minimum atomic E-state index is -1.07. The summed E-state index contributed by atoms with van der Waals surface area (Å²) in [5.41, 5.74) is 0.437. The fourth-order valence-corrected chi connectivity index (χ4v) is 2.13. The number of hydrogen-bond donors (Lipinski definition) is 4. The van der Waals surface area contributed by atoms with E-state index < -0.39 is 12.0 Å². The van der Waals surface area contributed by atoms with Crippen molar-refractivity contribution in [3.8, 4) is 0 Å². The maximum absolute atomic E-state index is 11.9. The molecule has 9 heteroatoms. The van der Waals surface area contributed by atoms with E-state index in [1.807, 2.05) is 0 Å². The number of carbonyl (C=O) groups is 2. The van der Waals surface area contributed by atoms with Crippen molar-refractivity contribution in [2.24, 2.45) is 0 Å². The van der Waals surface area contributed by atoms with Crippen molar-refractivity contribution in [3.63, 3.8) is 0 Å². The molecule has 2 rings (SSSR count). The van der Waals surface area contributed by atoms with Gasteiger partial charge in [-0.1, -0.05) is 15.9 Å². The molecule has 1 atom stereocenters. The molecule has 2 amide bonds. The number of halogens is 1. The third-order valence-corrected chi connectivity index (χ3v) is 3.05. The van der Waals surface area contributed by atoms with Gasteiger partial charge in [0.25, 0.3) is 0 Å². The fourth-order valence-electron chi connectivity index (χ4n) is 1.64. The lowest BCUT2D eigenvalue weighted by Crippen LogP contribution is -2.31. The zero-order valence-electron chi connectivity index (χ0n) is 10.9. The van der Waals surface area contributed by atoms with E-state index in [0.717, 1.165) is 0 Å². The number of carbonyl (C=O) groups excluding carboxylic acids is 1. The van der Waals surface area contributed by atoms with Gasteiger partial charge in [-0.15, -0.1) is 0 Å². The Morgan fingerprint density at radius 1 is 1.38 bits per heavy atom. The Morgan fingerprint density at radius 2 is 2.14 bits per heavy atom. The summed E-state index contributed by atoms with van der Waals surface area (Å²) in [7, 11) is 0. The molecule has 0 saturated heterocycles. The van der Waals surface area contributed by atoms with Gasteiger partial charge in [0, 0.05) is 10.2 Å². The van der Waals surface area contributed by atoms with Crippen LogP contribution >= 0.6 is 15.9 Å². The molecule has 1 aromatic carbocycles. The van der Waals surface area contributed by atoms with Crippen LogP contribution in [0, 0.1) is 0 Å². The first-order valence-electron chi connectivity index (χ1n) is 5.92. The van der Waals surface area contributed by atoms with Crippen LogP contribution in [-0.2, 0) is 0 Å². The van der Waals surface area contributed by atoms with Gasteiger partial charge in [-0.05, 0) is 25.1 Å². The van der Waals surface area contributed by atoms with E-state index in [4.69, 9.17) is 5.11 Å². The van der Waals surface area contributed by atoms with Gasteiger partial charge in [-0.2, -0.15) is 5.10 Å². The molecule has 0 saturated carbocycles. The van der Waals surface area contributed by atoms with E-state index >= 15 is 0 Å². The van der Waals surface area contributed by atoms with Crippen LogP contribution in [0.3, 0.4) is 0 Å². The molecule has 0 aliphatic rings. The number of benzene rings is 1. The molecule has 8 nitrogen and oxygen atoms in total. The number of carboxylic acid groups (broad SMARTS) is 1. The normalized spacial score (nSPS) is 11.7. The Bertz CT molecular complexity index is 659. The molecule has 0 aliphatic carbocycles. The summed E-state index contributed by atoms with van der Waals surface area (Å²) in [5.74, 6) is -0.555. The number of H-pyrrole nitrogens is 1. The van der Waals surface area contributed by atoms with Crippen LogP contribution in [0.15, 0.2) is 29.0 Å². The first kappa shape index (κ1) is 15.0. The second-order valence-electron chi connectivity index (χ2n) is 4.22. The lowest BCUT2D eigenvalue weighted by molar-refractivity contribution is 0.0697. The molecular formula is C12H12BrN5O3. The largest absolute Gasteiger partial charge is 0.478 e. The zero-order chi connectivity index (χ0) is 15.4. The van der Waals surface area contributed by atoms with E-state index in [-0.39, 0.29) is 11.6 Å². The van der Waals surface area contributed by atoms with E-state index in [1.54, 1.807) is 13.0 Å². The van der Waals surface area contributed by atoms with Crippen molar-refractivity contribution < 1.29 is 14.7 Å². The Kier molecular flexibility index (Phi) is 4.53. The molecule has 0 radical (unpaired) electrons. The van der Waals surface area contributed by atoms with Crippen LogP contribution in [0.2, 0.25) is 0 Å². The van der Waals surface area contributed by atoms with Gasteiger partial charge in [0.15, 0.2) is 0 Å². The standard InChI is InChI=1S/C12H12BrN5O3/c1-6(10-14-5-15-18-10)16-12(21)17-9-3-7(11(19)20)2-8(13)4-9/h2-6H,1H3,(H,19,20)(H,14,15,18)(H2,16,17,21). The van der Waals surface area contributed by atoms with Gasteiger partial charge in [0.1, 0.15) is 12.2 Å². The van der Waals surface area contributed by atoms with Crippen molar-refractivity contribution in [2.45, 2.75) is 13.0 Å². The Morgan fingerprint density at radius 3 is 2.76 bits per heavy atom. The van der Waals surface area contributed by atoms with Crippen LogP contribution in [0.1, 0.15) is 29.1 Å². The molecule has 1 heterocycles. The highest BCUT2D eigenvalue weighted by atomic mass is 79.9. The number of carboxylic acids is 1. The molecule has 110 valence electrons. The van der Waals surface area contributed by atoms with Crippen molar-refractivity contribution >= 4 is 33.6 Å². The molecule has 1 unspecified atom stereocenters. The molecule has 2 aromatic rings. The van der Waals surface area contributed by atoms with Gasteiger partial charge >= 0.3 is 12.0 Å². The summed E-state index contributed by atoms with van der Waals surface area (Å²) in [6.45, 7) is 1.74. The Balaban J connectivity index is 2.04. The molecule has 0 aliphatic heterocycles. The average molecular weight is 354 g/mol. The lowest BCUT2D eigenvalue weighted by Gasteiger charge is -2.12. The molecule has 4 N–H and O–H groups in total. The summed E-state index contributed by atoms with van der Waals surface area (Å²) in [4.78, 5) is 26.8. The third-order valence-electron chi connectivity index (χ3n) is 2.59. The van der Waals surface area contributed by atoms with Crippen molar-refractivity contribution in [3.05, 3.63) is 40.4 Å². The van der Waals surface area contributed by atoms with Crippen LogP contribution in [0.25, 0.3) is 0 Å². The van der Waals surface area contributed by atoms with Crippen molar-refractivity contribution in [1.29, 1.82) is 0 Å². The predicted molar refractivity (Wildman–Crippen MR) is 78.1 cm³/mol. The summed E-state index contributed by atoms with van der Waals surface area (Å²) < 4.78 is 0.556. The Hall–Kier alpha value is -2.42. The summed E-state index contributed by atoms with van der Waals surface area (Å²) >= 11 is 3.20. The SMILES string of the molecule is CC(NC(=O)Nc1cc(Br)cc(C(=O)O)c1)c1ncn[nH]1. The number of urea groups is 1. The number of nitrogens with zero attached hydrogens (tertiary/aromatic N) is 2. The zero-order valence-corrected chi connectivity index (χ0v) is 12.5. The highest BCUT2D eigenvalue weighted by Crippen LogP contribution is 2.20. The highest BCUT2D eigenvalue weighted by molar-refractivity contribution is 9.10. The van der Waals surface area contributed by atoms with E-state index in [1.165, 1.54) is 18.5 Å². The molecule has 0 bridgehead atoms. The topological polar surface area (TPSA) is 120 Å². The molecule has 0 spiro atoms. The quantitative estimate of drug-likeness (QED) is 0.671. The number of aromatic nitrogens is 3. The monoisotopic (exact) mass is 353 g/mol. The maximum atomic E-state index is 11.9. The molecule has 1 aromatic heterocycles. The minimum absolute atomic E-state index is 0.0722.